The average molecular weight is 155 g/mol. The Morgan fingerprint density at radius 3 is 2.36 bits per heavy atom. The van der Waals surface area contributed by atoms with E-state index < -0.39 is 0 Å². The van der Waals surface area contributed by atoms with Crippen molar-refractivity contribution in [1.82, 2.24) is 20.2 Å². The number of nitrogens with one attached hydrogen (secondary N) is 1. The van der Waals surface area contributed by atoms with Crippen molar-refractivity contribution in [1.29, 1.82) is 0 Å². The van der Waals surface area contributed by atoms with Gasteiger partial charge >= 0.3 is 0 Å². The Hall–Kier alpha value is -1.13. The second kappa shape index (κ2) is 2.48. The highest BCUT2D eigenvalue weighted by atomic mass is 15.6. The van der Waals surface area contributed by atoms with Crippen LogP contribution in [0.1, 0.15) is 20.8 Å². The number of hydrogen-bond acceptors (Lipinski definition) is 4. The van der Waals surface area contributed by atoms with Crippen molar-refractivity contribution in [3.63, 3.8) is 0 Å². The number of aromatic nitrogens is 4. The number of tetrazole rings is 1. The number of anilines is 1. The van der Waals surface area contributed by atoms with E-state index in [4.69, 9.17) is 0 Å². The number of rotatable bonds is 1. The minimum Gasteiger partial charge on any atom is -0.348 e. The molecule has 0 bridgehead atoms. The Kier molecular flexibility index (Phi) is 1.80. The highest BCUT2D eigenvalue weighted by molar-refractivity contribution is 5.24. The first-order valence-electron chi connectivity index (χ1n) is 3.49. The second-order valence-electron chi connectivity index (χ2n) is 3.50. The minimum absolute atomic E-state index is 0.00245. The summed E-state index contributed by atoms with van der Waals surface area (Å²) in [6, 6.07) is 0. The Morgan fingerprint density at radius 2 is 2.00 bits per heavy atom. The molecular weight excluding hydrogens is 142 g/mol. The molecule has 0 atom stereocenters. The van der Waals surface area contributed by atoms with E-state index in [1.807, 2.05) is 0 Å². The van der Waals surface area contributed by atoms with Gasteiger partial charge in [-0.15, -0.1) is 0 Å². The van der Waals surface area contributed by atoms with Crippen LogP contribution in [0.15, 0.2) is 0 Å². The van der Waals surface area contributed by atoms with Crippen LogP contribution in [0.2, 0.25) is 0 Å². The quantitative estimate of drug-likeness (QED) is 0.638. The van der Waals surface area contributed by atoms with Crippen molar-refractivity contribution < 1.29 is 0 Å². The van der Waals surface area contributed by atoms with Gasteiger partial charge in [-0.2, -0.15) is 0 Å². The molecule has 0 radical (unpaired) electrons. The van der Waals surface area contributed by atoms with Crippen molar-refractivity contribution in [2.24, 2.45) is 7.05 Å². The number of hydrogen-bond donors (Lipinski definition) is 1. The third-order valence-electron chi connectivity index (χ3n) is 1.11. The lowest BCUT2D eigenvalue weighted by Crippen LogP contribution is -2.27. The van der Waals surface area contributed by atoms with Crippen LogP contribution in [-0.2, 0) is 7.05 Å². The summed E-state index contributed by atoms with van der Waals surface area (Å²) in [6.45, 7) is 6.17. The molecule has 0 amide bonds. The molecule has 0 aromatic carbocycles. The standard InChI is InChI=1S/C6H13N5/c1-6(2,3)7-5-8-9-10-11(5)4/h1-4H3,(H,7,8,10). The van der Waals surface area contributed by atoms with Crippen LogP contribution in [0.4, 0.5) is 5.95 Å². The summed E-state index contributed by atoms with van der Waals surface area (Å²) in [5.41, 5.74) is 0.00245. The summed E-state index contributed by atoms with van der Waals surface area (Å²) in [5, 5.41) is 14.1. The monoisotopic (exact) mass is 155 g/mol. The van der Waals surface area contributed by atoms with Crippen LogP contribution >= 0.6 is 0 Å². The topological polar surface area (TPSA) is 55.6 Å². The first-order chi connectivity index (χ1) is 4.99. The summed E-state index contributed by atoms with van der Waals surface area (Å²) >= 11 is 0. The summed E-state index contributed by atoms with van der Waals surface area (Å²) in [4.78, 5) is 0. The van der Waals surface area contributed by atoms with Gasteiger partial charge in [-0.1, -0.05) is 5.10 Å². The number of aryl methyl sites for hydroxylation is 1. The largest absolute Gasteiger partial charge is 0.348 e. The molecule has 0 aliphatic carbocycles. The van der Waals surface area contributed by atoms with Gasteiger partial charge in [0.2, 0.25) is 5.95 Å². The van der Waals surface area contributed by atoms with E-state index in [9.17, 15) is 0 Å². The minimum atomic E-state index is 0.00245. The molecule has 0 spiro atoms. The fourth-order valence-electron chi connectivity index (χ4n) is 0.671. The van der Waals surface area contributed by atoms with E-state index in [0.717, 1.165) is 0 Å². The Bertz CT molecular complexity index is 233. The summed E-state index contributed by atoms with van der Waals surface area (Å²) in [7, 11) is 1.80. The lowest BCUT2D eigenvalue weighted by molar-refractivity contribution is 0.612. The predicted molar refractivity (Wildman–Crippen MR) is 42.2 cm³/mol. The van der Waals surface area contributed by atoms with Gasteiger partial charge in [0.15, 0.2) is 0 Å². The highest BCUT2D eigenvalue weighted by Crippen LogP contribution is 2.08. The van der Waals surface area contributed by atoms with Crippen LogP contribution in [-0.4, -0.2) is 25.7 Å². The summed E-state index contributed by atoms with van der Waals surface area (Å²) < 4.78 is 1.60. The van der Waals surface area contributed by atoms with Crippen molar-refractivity contribution >= 4 is 5.95 Å². The first-order valence-corrected chi connectivity index (χ1v) is 3.49. The maximum atomic E-state index is 3.79. The Balaban J connectivity index is 2.72. The molecule has 0 fully saturated rings. The van der Waals surface area contributed by atoms with Gasteiger partial charge in [0.25, 0.3) is 0 Å². The van der Waals surface area contributed by atoms with Crippen molar-refractivity contribution in [3.05, 3.63) is 0 Å². The molecule has 5 nitrogen and oxygen atoms in total. The van der Waals surface area contributed by atoms with Gasteiger partial charge < -0.3 is 5.32 Å². The molecule has 0 unspecified atom stereocenters. The van der Waals surface area contributed by atoms with E-state index in [0.29, 0.717) is 5.95 Å². The normalized spacial score (nSPS) is 11.6. The van der Waals surface area contributed by atoms with E-state index in [-0.39, 0.29) is 5.54 Å². The zero-order valence-electron chi connectivity index (χ0n) is 7.29. The molecule has 1 N–H and O–H groups in total. The van der Waals surface area contributed by atoms with Crippen LogP contribution < -0.4 is 5.32 Å². The molecular formula is C6H13N5. The molecule has 0 saturated carbocycles. The number of nitrogens with zero attached hydrogens (tertiary/aromatic N) is 4. The van der Waals surface area contributed by atoms with Crippen LogP contribution in [0.25, 0.3) is 0 Å². The van der Waals surface area contributed by atoms with Crippen molar-refractivity contribution in [2.45, 2.75) is 26.3 Å². The fraction of sp³-hybridized carbons (Fsp3) is 0.833. The highest BCUT2D eigenvalue weighted by Gasteiger charge is 2.12. The van der Waals surface area contributed by atoms with Gasteiger partial charge in [0, 0.05) is 12.6 Å². The van der Waals surface area contributed by atoms with Gasteiger partial charge in [0.1, 0.15) is 0 Å². The maximum absolute atomic E-state index is 3.79. The zero-order chi connectivity index (χ0) is 8.48. The summed E-state index contributed by atoms with van der Waals surface area (Å²) in [6.07, 6.45) is 0. The second-order valence-corrected chi connectivity index (χ2v) is 3.50. The van der Waals surface area contributed by atoms with Crippen LogP contribution in [0.3, 0.4) is 0 Å². The molecule has 1 rings (SSSR count). The molecule has 11 heavy (non-hydrogen) atoms. The van der Waals surface area contributed by atoms with Gasteiger partial charge in [-0.05, 0) is 31.2 Å². The fourth-order valence-corrected chi connectivity index (χ4v) is 0.671. The molecule has 5 heteroatoms. The average Bonchev–Trinajstić information content (AvgIpc) is 2.12. The zero-order valence-corrected chi connectivity index (χ0v) is 7.29. The Labute approximate surface area is 65.8 Å². The Morgan fingerprint density at radius 1 is 1.36 bits per heavy atom. The molecule has 0 saturated heterocycles. The van der Waals surface area contributed by atoms with E-state index in [1.165, 1.54) is 0 Å². The van der Waals surface area contributed by atoms with E-state index in [1.54, 1.807) is 11.7 Å². The lowest BCUT2D eigenvalue weighted by atomic mass is 10.1. The lowest BCUT2D eigenvalue weighted by Gasteiger charge is -2.19. The van der Waals surface area contributed by atoms with Gasteiger partial charge in [0.05, 0.1) is 0 Å². The van der Waals surface area contributed by atoms with Crippen molar-refractivity contribution in [2.75, 3.05) is 5.32 Å². The van der Waals surface area contributed by atoms with Crippen LogP contribution in [0.5, 0.6) is 0 Å². The third-order valence-corrected chi connectivity index (χ3v) is 1.11. The molecule has 0 aliphatic rings. The molecule has 1 aromatic rings. The van der Waals surface area contributed by atoms with Gasteiger partial charge in [-0.25, -0.2) is 4.68 Å². The smallest absolute Gasteiger partial charge is 0.243 e. The third kappa shape index (κ3) is 2.18. The molecule has 62 valence electrons. The van der Waals surface area contributed by atoms with Crippen LogP contribution in [0, 0.1) is 0 Å². The molecule has 1 heterocycles. The van der Waals surface area contributed by atoms with E-state index >= 15 is 0 Å². The molecule has 0 aliphatic heterocycles. The molecule has 1 aromatic heterocycles. The first kappa shape index (κ1) is 7.97. The SMILES string of the molecule is Cn1nnnc1NC(C)(C)C. The van der Waals surface area contributed by atoms with Crippen molar-refractivity contribution in [3.8, 4) is 0 Å². The van der Waals surface area contributed by atoms with Gasteiger partial charge in [-0.3, -0.25) is 0 Å². The summed E-state index contributed by atoms with van der Waals surface area (Å²) in [5.74, 6) is 0.692. The predicted octanol–water partition coefficient (Wildman–Crippen LogP) is 0.420. The maximum Gasteiger partial charge on any atom is 0.243 e. The van der Waals surface area contributed by atoms with E-state index in [2.05, 4.69) is 41.6 Å².